The molecule has 2 aromatic rings. The molecule has 1 heterocycles. The highest BCUT2D eigenvalue weighted by atomic mass is 16.1. The van der Waals surface area contributed by atoms with Gasteiger partial charge >= 0.3 is 0 Å². The lowest BCUT2D eigenvalue weighted by atomic mass is 10.2. The fraction of sp³-hybridized carbons (Fsp3) is 0.286. The molecule has 0 aliphatic heterocycles. The Balaban J connectivity index is 2.39. The molecule has 0 radical (unpaired) electrons. The second-order valence-corrected chi connectivity index (χ2v) is 4.32. The van der Waals surface area contributed by atoms with Crippen molar-refractivity contribution in [1.82, 2.24) is 25.5 Å². The first-order valence-corrected chi connectivity index (χ1v) is 6.52. The summed E-state index contributed by atoms with van der Waals surface area (Å²) in [6.07, 6.45) is 2.66. The number of benzene rings is 1. The van der Waals surface area contributed by atoms with E-state index in [0.717, 1.165) is 18.7 Å². The van der Waals surface area contributed by atoms with Gasteiger partial charge in [0.1, 0.15) is 0 Å². The molecule has 0 unspecified atom stereocenters. The van der Waals surface area contributed by atoms with Crippen molar-refractivity contribution >= 4 is 11.4 Å². The van der Waals surface area contributed by atoms with Gasteiger partial charge in [0, 0.05) is 12.7 Å². The van der Waals surface area contributed by atoms with Crippen LogP contribution in [0.4, 0.5) is 0 Å². The van der Waals surface area contributed by atoms with E-state index in [2.05, 4.69) is 27.8 Å². The quantitative estimate of drug-likeness (QED) is 0.638. The van der Waals surface area contributed by atoms with Crippen molar-refractivity contribution in [2.24, 2.45) is 0 Å². The molecule has 1 aromatic carbocycles. The number of tetrazole rings is 1. The number of ketones is 1. The van der Waals surface area contributed by atoms with Crippen LogP contribution in [0.25, 0.3) is 11.3 Å². The van der Waals surface area contributed by atoms with E-state index in [1.165, 1.54) is 6.92 Å². The van der Waals surface area contributed by atoms with Gasteiger partial charge in [-0.05, 0) is 35.9 Å². The predicted octanol–water partition coefficient (Wildman–Crippen LogP) is 1.59. The van der Waals surface area contributed by atoms with Crippen LogP contribution < -0.4 is 5.32 Å². The molecule has 0 saturated heterocycles. The number of nitrogens with one attached hydrogen (secondary N) is 1. The summed E-state index contributed by atoms with van der Waals surface area (Å²) in [4.78, 5) is 11.8. The molecule has 1 aromatic heterocycles. The zero-order chi connectivity index (χ0) is 14.4. The van der Waals surface area contributed by atoms with Gasteiger partial charge < -0.3 is 5.32 Å². The predicted molar refractivity (Wildman–Crippen MR) is 76.1 cm³/mol. The summed E-state index contributed by atoms with van der Waals surface area (Å²) in [5.41, 5.74) is 1.28. The number of allylic oxidation sites excluding steroid dienone is 1. The Morgan fingerprint density at radius 1 is 1.35 bits per heavy atom. The SMILES string of the molecule is CCCN/C=C(/C(C)=O)c1nnnn1-c1ccccc1. The average molecular weight is 271 g/mol. The summed E-state index contributed by atoms with van der Waals surface area (Å²) in [6, 6.07) is 9.48. The number of nitrogens with zero attached hydrogens (tertiary/aromatic N) is 4. The first-order chi connectivity index (χ1) is 9.74. The summed E-state index contributed by atoms with van der Waals surface area (Å²) in [5.74, 6) is 0.355. The molecule has 0 bridgehead atoms. The van der Waals surface area contributed by atoms with Crippen LogP contribution in [0.2, 0.25) is 0 Å². The lowest BCUT2D eigenvalue weighted by Crippen LogP contribution is -2.12. The van der Waals surface area contributed by atoms with E-state index in [-0.39, 0.29) is 5.78 Å². The van der Waals surface area contributed by atoms with Crippen LogP contribution in [-0.4, -0.2) is 32.5 Å². The molecular formula is C14H17N5O. The number of para-hydroxylation sites is 1. The van der Waals surface area contributed by atoms with Crippen molar-refractivity contribution in [3.8, 4) is 5.69 Å². The third-order valence-corrected chi connectivity index (χ3v) is 2.73. The molecule has 20 heavy (non-hydrogen) atoms. The van der Waals surface area contributed by atoms with Crippen LogP contribution in [-0.2, 0) is 4.79 Å². The zero-order valence-corrected chi connectivity index (χ0v) is 11.6. The van der Waals surface area contributed by atoms with Crippen molar-refractivity contribution in [3.05, 3.63) is 42.4 Å². The van der Waals surface area contributed by atoms with Gasteiger partial charge in [0.25, 0.3) is 0 Å². The van der Waals surface area contributed by atoms with Gasteiger partial charge in [-0.25, -0.2) is 0 Å². The standard InChI is InChI=1S/C14H17N5O/c1-3-9-15-10-13(11(2)20)14-16-17-18-19(14)12-7-5-4-6-8-12/h4-8,10,15H,3,9H2,1-2H3/b13-10-. The summed E-state index contributed by atoms with van der Waals surface area (Å²) >= 11 is 0. The van der Waals surface area contributed by atoms with E-state index in [0.29, 0.717) is 11.4 Å². The molecule has 2 rings (SSSR count). The summed E-state index contributed by atoms with van der Waals surface area (Å²) in [6.45, 7) is 4.36. The molecule has 6 heteroatoms. The number of Topliss-reactive ketones (excluding diaryl/α,β-unsaturated/α-hetero) is 1. The normalized spacial score (nSPS) is 11.4. The summed E-state index contributed by atoms with van der Waals surface area (Å²) in [7, 11) is 0. The van der Waals surface area contributed by atoms with Crippen molar-refractivity contribution in [2.75, 3.05) is 6.54 Å². The molecule has 0 atom stereocenters. The van der Waals surface area contributed by atoms with E-state index in [1.807, 2.05) is 30.3 Å². The van der Waals surface area contributed by atoms with E-state index in [1.54, 1.807) is 10.9 Å². The molecular weight excluding hydrogens is 254 g/mol. The minimum Gasteiger partial charge on any atom is -0.390 e. The van der Waals surface area contributed by atoms with Gasteiger partial charge in [-0.1, -0.05) is 25.1 Å². The number of carbonyl (C=O) groups is 1. The second kappa shape index (κ2) is 6.60. The number of hydrogen-bond acceptors (Lipinski definition) is 5. The molecule has 0 aliphatic carbocycles. The van der Waals surface area contributed by atoms with Crippen LogP contribution in [0.3, 0.4) is 0 Å². The maximum Gasteiger partial charge on any atom is 0.192 e. The lowest BCUT2D eigenvalue weighted by Gasteiger charge is -2.06. The van der Waals surface area contributed by atoms with Gasteiger partial charge in [0.2, 0.25) is 0 Å². The minimum atomic E-state index is -0.0828. The fourth-order valence-corrected chi connectivity index (χ4v) is 1.74. The highest BCUT2D eigenvalue weighted by Gasteiger charge is 2.16. The van der Waals surface area contributed by atoms with Gasteiger partial charge in [-0.15, -0.1) is 5.10 Å². The molecule has 1 N–H and O–H groups in total. The number of aromatic nitrogens is 4. The largest absolute Gasteiger partial charge is 0.390 e. The molecule has 0 saturated carbocycles. The van der Waals surface area contributed by atoms with Crippen LogP contribution in [0.15, 0.2) is 36.5 Å². The highest BCUT2D eigenvalue weighted by Crippen LogP contribution is 2.15. The van der Waals surface area contributed by atoms with Crippen molar-refractivity contribution in [2.45, 2.75) is 20.3 Å². The molecule has 0 spiro atoms. The highest BCUT2D eigenvalue weighted by molar-refractivity contribution is 6.18. The summed E-state index contributed by atoms with van der Waals surface area (Å²) < 4.78 is 1.56. The Kier molecular flexibility index (Phi) is 4.60. The molecule has 0 aliphatic rings. The van der Waals surface area contributed by atoms with Gasteiger partial charge in [-0.2, -0.15) is 4.68 Å². The van der Waals surface area contributed by atoms with Crippen molar-refractivity contribution < 1.29 is 4.79 Å². The van der Waals surface area contributed by atoms with Crippen LogP contribution in [0.5, 0.6) is 0 Å². The maximum absolute atomic E-state index is 11.8. The Morgan fingerprint density at radius 2 is 2.10 bits per heavy atom. The first-order valence-electron chi connectivity index (χ1n) is 6.52. The summed E-state index contributed by atoms with van der Waals surface area (Å²) in [5, 5.41) is 14.7. The number of carbonyl (C=O) groups excluding carboxylic acids is 1. The Morgan fingerprint density at radius 3 is 2.75 bits per heavy atom. The maximum atomic E-state index is 11.8. The molecule has 0 fully saturated rings. The van der Waals surface area contributed by atoms with Gasteiger partial charge in [-0.3, -0.25) is 4.79 Å². The Labute approximate surface area is 117 Å². The van der Waals surface area contributed by atoms with Crippen molar-refractivity contribution in [1.29, 1.82) is 0 Å². The minimum absolute atomic E-state index is 0.0828. The van der Waals surface area contributed by atoms with E-state index in [9.17, 15) is 4.79 Å². The second-order valence-electron chi connectivity index (χ2n) is 4.32. The Bertz CT molecular complexity index is 603. The first kappa shape index (κ1) is 13.9. The number of hydrogen-bond donors (Lipinski definition) is 1. The smallest absolute Gasteiger partial charge is 0.192 e. The van der Waals surface area contributed by atoms with Crippen LogP contribution in [0.1, 0.15) is 26.1 Å². The third kappa shape index (κ3) is 3.09. The van der Waals surface area contributed by atoms with E-state index < -0.39 is 0 Å². The number of rotatable bonds is 6. The molecule has 6 nitrogen and oxygen atoms in total. The molecule has 104 valence electrons. The third-order valence-electron chi connectivity index (χ3n) is 2.73. The zero-order valence-electron chi connectivity index (χ0n) is 11.6. The average Bonchev–Trinajstić information content (AvgIpc) is 2.93. The Hall–Kier alpha value is -2.50. The monoisotopic (exact) mass is 271 g/mol. The van der Waals surface area contributed by atoms with Crippen molar-refractivity contribution in [3.63, 3.8) is 0 Å². The van der Waals surface area contributed by atoms with E-state index >= 15 is 0 Å². The van der Waals surface area contributed by atoms with Gasteiger partial charge in [0.15, 0.2) is 11.6 Å². The molecule has 0 amide bonds. The fourth-order valence-electron chi connectivity index (χ4n) is 1.74. The topological polar surface area (TPSA) is 72.7 Å². The van der Waals surface area contributed by atoms with E-state index in [4.69, 9.17) is 0 Å². The van der Waals surface area contributed by atoms with Crippen LogP contribution in [0, 0.1) is 0 Å². The lowest BCUT2D eigenvalue weighted by molar-refractivity contribution is -0.111. The van der Waals surface area contributed by atoms with Gasteiger partial charge in [0.05, 0.1) is 11.3 Å². The van der Waals surface area contributed by atoms with Crippen LogP contribution >= 0.6 is 0 Å².